The number of carbonyl (C=O) groups is 2. The summed E-state index contributed by atoms with van der Waals surface area (Å²) in [6, 6.07) is 9.58. The number of thiazole rings is 1. The van der Waals surface area contributed by atoms with Crippen LogP contribution in [0.3, 0.4) is 0 Å². The molecule has 2 aliphatic rings. The molecule has 1 amide bonds. The molecular weight excluding hydrogens is 490 g/mol. The van der Waals surface area contributed by atoms with E-state index in [9.17, 15) is 14.7 Å². The van der Waals surface area contributed by atoms with Crippen LogP contribution >= 0.6 is 22.7 Å². The van der Waals surface area contributed by atoms with E-state index in [1.807, 2.05) is 30.3 Å². The average Bonchev–Trinajstić information content (AvgIpc) is 3.56. The highest BCUT2D eigenvalue weighted by Crippen LogP contribution is 2.42. The van der Waals surface area contributed by atoms with Crippen LogP contribution in [0, 0.1) is 5.92 Å². The van der Waals surface area contributed by atoms with Gasteiger partial charge < -0.3 is 15.3 Å². The normalized spacial score (nSPS) is 18.7. The number of likely N-dealkylation sites (N-methyl/N-ethyl adjacent to an activating group) is 1. The largest absolute Gasteiger partial charge is 0.477 e. The number of benzene rings is 1. The Hall–Kier alpha value is -3.07. The smallest absolute Gasteiger partial charge is 0.346 e. The molecule has 1 aliphatic carbocycles. The lowest BCUT2D eigenvalue weighted by atomic mass is 9.82. The summed E-state index contributed by atoms with van der Waals surface area (Å²) in [4.78, 5) is 32.3. The number of carboxylic acid groups (broad SMARTS) is 1. The zero-order valence-corrected chi connectivity index (χ0v) is 22.0. The number of carbonyl (C=O) groups excluding carboxylic acids is 1. The molecule has 8 heteroatoms. The van der Waals surface area contributed by atoms with Gasteiger partial charge >= 0.3 is 5.97 Å². The van der Waals surface area contributed by atoms with Crippen molar-refractivity contribution < 1.29 is 14.7 Å². The highest BCUT2D eigenvalue weighted by Gasteiger charge is 2.27. The minimum absolute atomic E-state index is 0.238. The second-order valence-corrected chi connectivity index (χ2v) is 11.5. The van der Waals surface area contributed by atoms with Gasteiger partial charge in [-0.25, -0.2) is 9.78 Å². The molecule has 186 valence electrons. The minimum atomic E-state index is -0.884. The number of nitrogens with zero attached hydrogens (tertiary/aromatic N) is 2. The van der Waals surface area contributed by atoms with E-state index in [0.717, 1.165) is 48.4 Å². The molecule has 1 atom stereocenters. The number of thiophene rings is 1. The summed E-state index contributed by atoms with van der Waals surface area (Å²) < 4.78 is 0. The van der Waals surface area contributed by atoms with Crippen molar-refractivity contribution in [2.75, 3.05) is 25.5 Å². The molecule has 0 radical (unpaired) electrons. The van der Waals surface area contributed by atoms with Crippen LogP contribution in [0.4, 0.5) is 5.69 Å². The van der Waals surface area contributed by atoms with E-state index < -0.39 is 5.97 Å². The van der Waals surface area contributed by atoms with Crippen LogP contribution in [-0.4, -0.2) is 47.0 Å². The number of hydrogen-bond acceptors (Lipinski definition) is 6. The van der Waals surface area contributed by atoms with Gasteiger partial charge in [-0.05, 0) is 79.1 Å². The van der Waals surface area contributed by atoms with Crippen LogP contribution in [0.1, 0.15) is 57.6 Å². The second-order valence-electron chi connectivity index (χ2n) is 9.58. The van der Waals surface area contributed by atoms with Crippen molar-refractivity contribution in [1.29, 1.82) is 0 Å². The first kappa shape index (κ1) is 24.6. The molecular formula is C28H29N3O3S2. The Morgan fingerprint density at radius 3 is 2.64 bits per heavy atom. The van der Waals surface area contributed by atoms with Crippen molar-refractivity contribution in [3.05, 3.63) is 74.6 Å². The van der Waals surface area contributed by atoms with Gasteiger partial charge in [-0.15, -0.1) is 22.7 Å². The van der Waals surface area contributed by atoms with Gasteiger partial charge in [0.1, 0.15) is 4.88 Å². The van der Waals surface area contributed by atoms with Crippen LogP contribution < -0.4 is 5.32 Å². The molecule has 36 heavy (non-hydrogen) atoms. The Kier molecular flexibility index (Phi) is 7.18. The van der Waals surface area contributed by atoms with Gasteiger partial charge in [0.15, 0.2) is 5.01 Å². The van der Waals surface area contributed by atoms with Crippen molar-refractivity contribution in [1.82, 2.24) is 9.88 Å². The second kappa shape index (κ2) is 10.5. The van der Waals surface area contributed by atoms with E-state index in [4.69, 9.17) is 0 Å². The first-order valence-corrected chi connectivity index (χ1v) is 13.9. The predicted octanol–water partition coefficient (Wildman–Crippen LogP) is 6.66. The summed E-state index contributed by atoms with van der Waals surface area (Å²) in [6.45, 7) is 4.06. The molecule has 3 aromatic rings. The van der Waals surface area contributed by atoms with Gasteiger partial charge in [0.25, 0.3) is 5.91 Å². The van der Waals surface area contributed by atoms with E-state index in [1.54, 1.807) is 11.6 Å². The minimum Gasteiger partial charge on any atom is -0.477 e. The molecule has 0 saturated heterocycles. The fourth-order valence-electron chi connectivity index (χ4n) is 4.88. The Morgan fingerprint density at radius 1 is 1.17 bits per heavy atom. The van der Waals surface area contributed by atoms with Gasteiger partial charge in [0.2, 0.25) is 0 Å². The number of rotatable bonds is 6. The third-order valence-corrected chi connectivity index (χ3v) is 8.85. The Morgan fingerprint density at radius 2 is 1.97 bits per heavy atom. The Labute approximate surface area is 219 Å². The van der Waals surface area contributed by atoms with Crippen LogP contribution in [0.5, 0.6) is 0 Å². The topological polar surface area (TPSA) is 82.5 Å². The number of carboxylic acids is 1. The fraction of sp³-hybridized carbons (Fsp3) is 0.321. The number of aromatic carboxylic acids is 1. The lowest BCUT2D eigenvalue weighted by Crippen LogP contribution is -2.29. The first-order chi connectivity index (χ1) is 17.4. The van der Waals surface area contributed by atoms with Crippen molar-refractivity contribution in [2.24, 2.45) is 5.92 Å². The highest BCUT2D eigenvalue weighted by molar-refractivity contribution is 7.17. The number of nitrogens with one attached hydrogen (secondary N) is 1. The third kappa shape index (κ3) is 5.21. The van der Waals surface area contributed by atoms with Crippen LogP contribution in [0.2, 0.25) is 0 Å². The van der Waals surface area contributed by atoms with E-state index >= 15 is 0 Å². The molecule has 1 aliphatic heterocycles. The quantitative estimate of drug-likeness (QED) is 0.381. The summed E-state index contributed by atoms with van der Waals surface area (Å²) in [7, 11) is 2.13. The molecule has 2 N–H and O–H groups in total. The Balaban J connectivity index is 1.47. The lowest BCUT2D eigenvalue weighted by molar-refractivity contribution is 0.0701. The molecule has 0 spiro atoms. The standard InChI is InChI=1S/C28H29N3O3S2/c1-17-3-5-18(6-4-17)23-16-31(2)13-11-21(23)22-15-24(36-25(22)28(33)34)19-7-9-20(10-8-19)30-26(32)27-29-12-14-35-27/h5,7-10,12,14-15,17H,3-4,6,11,13,16H2,1-2H3,(H,30,32)(H,33,34). The Bertz CT molecular complexity index is 1340. The van der Waals surface area contributed by atoms with Crippen molar-refractivity contribution >= 4 is 45.8 Å². The molecule has 0 saturated carbocycles. The van der Waals surface area contributed by atoms with Gasteiger partial charge in [0.05, 0.1) is 0 Å². The molecule has 0 fully saturated rings. The molecule has 5 rings (SSSR count). The van der Waals surface area contributed by atoms with Crippen LogP contribution in [0.25, 0.3) is 16.0 Å². The van der Waals surface area contributed by atoms with Gasteiger partial charge in [0, 0.05) is 40.8 Å². The molecule has 3 heterocycles. The summed E-state index contributed by atoms with van der Waals surface area (Å²) in [5, 5.41) is 15.1. The first-order valence-electron chi connectivity index (χ1n) is 12.2. The zero-order chi connectivity index (χ0) is 25.2. The number of hydrogen-bond donors (Lipinski definition) is 2. The SMILES string of the molecule is CC1CC=C(C2=C(c3cc(-c4ccc(NC(=O)c5nccs5)cc4)sc3C(=O)O)CCN(C)C2)CC1. The van der Waals surface area contributed by atoms with E-state index in [1.165, 1.54) is 45.8 Å². The van der Waals surface area contributed by atoms with Crippen LogP contribution in [0.15, 0.2) is 59.1 Å². The molecule has 0 bridgehead atoms. The maximum atomic E-state index is 12.3. The molecule has 1 aromatic carbocycles. The summed E-state index contributed by atoms with van der Waals surface area (Å²) >= 11 is 2.61. The maximum Gasteiger partial charge on any atom is 0.346 e. The lowest BCUT2D eigenvalue weighted by Gasteiger charge is -2.31. The maximum absolute atomic E-state index is 12.3. The van der Waals surface area contributed by atoms with E-state index in [0.29, 0.717) is 21.5 Å². The van der Waals surface area contributed by atoms with Crippen LogP contribution in [-0.2, 0) is 0 Å². The molecule has 2 aromatic heterocycles. The fourth-order valence-corrected chi connectivity index (χ4v) is 6.44. The van der Waals surface area contributed by atoms with Gasteiger partial charge in [-0.3, -0.25) is 4.79 Å². The number of amides is 1. The summed E-state index contributed by atoms with van der Waals surface area (Å²) in [6.07, 6.45) is 8.14. The average molecular weight is 520 g/mol. The van der Waals surface area contributed by atoms with Gasteiger partial charge in [-0.1, -0.05) is 25.1 Å². The molecule has 1 unspecified atom stereocenters. The number of allylic oxidation sites excluding steroid dienone is 1. The van der Waals surface area contributed by atoms with Crippen molar-refractivity contribution in [2.45, 2.75) is 32.6 Å². The summed E-state index contributed by atoms with van der Waals surface area (Å²) in [5.74, 6) is -0.418. The zero-order valence-electron chi connectivity index (χ0n) is 20.4. The van der Waals surface area contributed by atoms with E-state index in [2.05, 4.69) is 35.2 Å². The highest BCUT2D eigenvalue weighted by atomic mass is 32.1. The van der Waals surface area contributed by atoms with E-state index in [-0.39, 0.29) is 5.91 Å². The third-order valence-electron chi connectivity index (χ3n) is 6.90. The summed E-state index contributed by atoms with van der Waals surface area (Å²) in [5.41, 5.74) is 6.34. The van der Waals surface area contributed by atoms with Crippen molar-refractivity contribution in [3.8, 4) is 10.4 Å². The molecule has 6 nitrogen and oxygen atoms in total. The monoisotopic (exact) mass is 519 g/mol. The van der Waals surface area contributed by atoms with Gasteiger partial charge in [-0.2, -0.15) is 0 Å². The van der Waals surface area contributed by atoms with Crippen molar-refractivity contribution in [3.63, 3.8) is 0 Å². The predicted molar refractivity (Wildman–Crippen MR) is 147 cm³/mol. The number of aromatic nitrogens is 1. The number of anilines is 1.